The van der Waals surface area contributed by atoms with E-state index in [9.17, 15) is 15.0 Å². The van der Waals surface area contributed by atoms with Crippen molar-refractivity contribution in [3.63, 3.8) is 0 Å². The van der Waals surface area contributed by atoms with Crippen LogP contribution in [0.2, 0.25) is 0 Å². The molecular weight excluding hydrogens is 268 g/mol. The molecular formula is C17H18O4. The van der Waals surface area contributed by atoms with E-state index in [-0.39, 0.29) is 23.9 Å². The zero-order valence-electron chi connectivity index (χ0n) is 12.1. The number of phenolic OH excluding ortho intramolecular Hbond substituents is 2. The normalized spacial score (nSPS) is 10.4. The minimum Gasteiger partial charge on any atom is -0.507 e. The first-order valence-corrected chi connectivity index (χ1v) is 6.70. The first kappa shape index (κ1) is 14.9. The molecule has 4 heteroatoms. The van der Waals surface area contributed by atoms with Crippen molar-refractivity contribution >= 4 is 5.97 Å². The van der Waals surface area contributed by atoms with Gasteiger partial charge in [-0.25, -0.2) is 0 Å². The third-order valence-electron chi connectivity index (χ3n) is 3.35. The van der Waals surface area contributed by atoms with Gasteiger partial charge in [-0.3, -0.25) is 4.79 Å². The SMILES string of the molecule is COC(=O)CCc1ccc(O)c(-c2cc(C)ccc2O)c1. The van der Waals surface area contributed by atoms with Crippen LogP contribution in [0.25, 0.3) is 11.1 Å². The second kappa shape index (κ2) is 6.31. The average Bonchev–Trinajstić information content (AvgIpc) is 2.48. The molecule has 110 valence electrons. The summed E-state index contributed by atoms with van der Waals surface area (Å²) in [5.41, 5.74) is 3.02. The highest BCUT2D eigenvalue weighted by molar-refractivity contribution is 5.76. The van der Waals surface area contributed by atoms with Gasteiger partial charge < -0.3 is 14.9 Å². The number of benzene rings is 2. The maximum atomic E-state index is 11.2. The van der Waals surface area contributed by atoms with E-state index in [1.165, 1.54) is 7.11 Å². The van der Waals surface area contributed by atoms with Crippen LogP contribution in [0.5, 0.6) is 11.5 Å². The predicted molar refractivity (Wildman–Crippen MR) is 80.3 cm³/mol. The van der Waals surface area contributed by atoms with Crippen LogP contribution in [0.1, 0.15) is 17.5 Å². The fraction of sp³-hybridized carbons (Fsp3) is 0.235. The molecule has 0 bridgehead atoms. The van der Waals surface area contributed by atoms with Gasteiger partial charge in [-0.05, 0) is 43.2 Å². The molecule has 0 atom stereocenters. The summed E-state index contributed by atoms with van der Waals surface area (Å²) in [6, 6.07) is 10.3. The third-order valence-corrected chi connectivity index (χ3v) is 3.35. The van der Waals surface area contributed by atoms with Crippen LogP contribution in [0.3, 0.4) is 0 Å². The second-order valence-corrected chi connectivity index (χ2v) is 4.95. The van der Waals surface area contributed by atoms with Crippen LogP contribution in [0, 0.1) is 6.92 Å². The van der Waals surface area contributed by atoms with E-state index >= 15 is 0 Å². The monoisotopic (exact) mass is 286 g/mol. The molecule has 0 aliphatic carbocycles. The molecule has 0 fully saturated rings. The van der Waals surface area contributed by atoms with Gasteiger partial charge in [0.25, 0.3) is 0 Å². The van der Waals surface area contributed by atoms with E-state index in [2.05, 4.69) is 4.74 Å². The lowest BCUT2D eigenvalue weighted by Crippen LogP contribution is -2.01. The zero-order chi connectivity index (χ0) is 15.4. The largest absolute Gasteiger partial charge is 0.507 e. The van der Waals surface area contributed by atoms with Crippen molar-refractivity contribution < 1.29 is 19.7 Å². The van der Waals surface area contributed by atoms with E-state index in [1.54, 1.807) is 30.3 Å². The fourth-order valence-electron chi connectivity index (χ4n) is 2.17. The van der Waals surface area contributed by atoms with Gasteiger partial charge in [-0.2, -0.15) is 0 Å². The number of carbonyl (C=O) groups excluding carboxylic acids is 1. The molecule has 0 aliphatic rings. The van der Waals surface area contributed by atoms with Gasteiger partial charge >= 0.3 is 5.97 Å². The van der Waals surface area contributed by atoms with Crippen molar-refractivity contribution in [2.24, 2.45) is 0 Å². The van der Waals surface area contributed by atoms with Crippen molar-refractivity contribution in [3.05, 3.63) is 47.5 Å². The Hall–Kier alpha value is -2.49. The maximum absolute atomic E-state index is 11.2. The fourth-order valence-corrected chi connectivity index (χ4v) is 2.17. The van der Waals surface area contributed by atoms with Crippen molar-refractivity contribution in [1.82, 2.24) is 0 Å². The highest BCUT2D eigenvalue weighted by Crippen LogP contribution is 2.36. The molecule has 21 heavy (non-hydrogen) atoms. The highest BCUT2D eigenvalue weighted by Gasteiger charge is 2.11. The van der Waals surface area contributed by atoms with Gasteiger partial charge in [0.1, 0.15) is 11.5 Å². The molecule has 0 radical (unpaired) electrons. The van der Waals surface area contributed by atoms with Crippen molar-refractivity contribution in [2.75, 3.05) is 7.11 Å². The molecule has 0 aliphatic heterocycles. The lowest BCUT2D eigenvalue weighted by molar-refractivity contribution is -0.140. The first-order chi connectivity index (χ1) is 10.0. The Morgan fingerprint density at radius 3 is 2.33 bits per heavy atom. The van der Waals surface area contributed by atoms with Crippen LogP contribution in [0.15, 0.2) is 36.4 Å². The second-order valence-electron chi connectivity index (χ2n) is 4.95. The number of rotatable bonds is 4. The average molecular weight is 286 g/mol. The minimum absolute atomic E-state index is 0.0951. The number of hydrogen-bond acceptors (Lipinski definition) is 4. The molecule has 2 N–H and O–H groups in total. The number of carbonyl (C=O) groups is 1. The van der Waals surface area contributed by atoms with E-state index in [4.69, 9.17) is 0 Å². The van der Waals surface area contributed by atoms with E-state index in [1.807, 2.05) is 13.0 Å². The summed E-state index contributed by atoms with van der Waals surface area (Å²) < 4.78 is 4.62. The molecule has 4 nitrogen and oxygen atoms in total. The van der Waals surface area contributed by atoms with Crippen LogP contribution in [-0.4, -0.2) is 23.3 Å². The number of hydrogen-bond donors (Lipinski definition) is 2. The smallest absolute Gasteiger partial charge is 0.305 e. The highest BCUT2D eigenvalue weighted by atomic mass is 16.5. The molecule has 2 aromatic carbocycles. The Labute approximate surface area is 123 Å². The van der Waals surface area contributed by atoms with Gasteiger partial charge in [0.15, 0.2) is 0 Å². The Morgan fingerprint density at radius 2 is 1.67 bits per heavy atom. The molecule has 0 saturated heterocycles. The van der Waals surface area contributed by atoms with Gasteiger partial charge in [0, 0.05) is 17.5 Å². The molecule has 0 unspecified atom stereocenters. The zero-order valence-corrected chi connectivity index (χ0v) is 12.1. The molecule has 0 heterocycles. The summed E-state index contributed by atoms with van der Waals surface area (Å²) in [5.74, 6) is -0.0678. The summed E-state index contributed by atoms with van der Waals surface area (Å²) in [7, 11) is 1.36. The van der Waals surface area contributed by atoms with Crippen LogP contribution >= 0.6 is 0 Å². The molecule has 0 spiro atoms. The van der Waals surface area contributed by atoms with Gasteiger partial charge in [0.05, 0.1) is 7.11 Å². The Bertz CT molecular complexity index is 662. The summed E-state index contributed by atoms with van der Waals surface area (Å²) in [6.07, 6.45) is 0.799. The van der Waals surface area contributed by atoms with E-state index < -0.39 is 0 Å². The number of phenols is 2. The standard InChI is InChI=1S/C17H18O4/c1-11-3-6-15(18)13(9-11)14-10-12(4-7-16(14)19)5-8-17(20)21-2/h3-4,6-7,9-10,18-19H,5,8H2,1-2H3. The molecule has 2 rings (SSSR count). The summed E-state index contributed by atoms with van der Waals surface area (Å²) in [6.45, 7) is 1.92. The number of aryl methyl sites for hydroxylation is 2. The number of methoxy groups -OCH3 is 1. The molecule has 2 aromatic rings. The minimum atomic E-state index is -0.275. The molecule has 0 saturated carbocycles. The summed E-state index contributed by atoms with van der Waals surface area (Å²) in [4.78, 5) is 11.2. The van der Waals surface area contributed by atoms with Crippen LogP contribution in [-0.2, 0) is 16.0 Å². The van der Waals surface area contributed by atoms with E-state index in [0.717, 1.165) is 11.1 Å². The number of ether oxygens (including phenoxy) is 1. The number of aromatic hydroxyl groups is 2. The Balaban J connectivity index is 2.35. The third kappa shape index (κ3) is 3.54. The van der Waals surface area contributed by atoms with Gasteiger partial charge in [-0.1, -0.05) is 17.7 Å². The Morgan fingerprint density at radius 1 is 1.05 bits per heavy atom. The Kier molecular flexibility index (Phi) is 4.48. The van der Waals surface area contributed by atoms with Crippen LogP contribution in [0.4, 0.5) is 0 Å². The summed E-state index contributed by atoms with van der Waals surface area (Å²) in [5, 5.41) is 20.0. The molecule has 0 aromatic heterocycles. The van der Waals surface area contributed by atoms with Crippen molar-refractivity contribution in [3.8, 4) is 22.6 Å². The predicted octanol–water partition coefficient (Wildman–Crippen LogP) is 3.18. The van der Waals surface area contributed by atoms with Crippen LogP contribution < -0.4 is 0 Å². The first-order valence-electron chi connectivity index (χ1n) is 6.70. The van der Waals surface area contributed by atoms with Crippen molar-refractivity contribution in [2.45, 2.75) is 19.8 Å². The topological polar surface area (TPSA) is 66.8 Å². The molecule has 0 amide bonds. The van der Waals surface area contributed by atoms with Gasteiger partial charge in [0.2, 0.25) is 0 Å². The quantitative estimate of drug-likeness (QED) is 0.847. The maximum Gasteiger partial charge on any atom is 0.305 e. The van der Waals surface area contributed by atoms with Crippen molar-refractivity contribution in [1.29, 1.82) is 0 Å². The lowest BCUT2D eigenvalue weighted by atomic mass is 9.98. The van der Waals surface area contributed by atoms with Gasteiger partial charge in [-0.15, -0.1) is 0 Å². The summed E-state index contributed by atoms with van der Waals surface area (Å²) >= 11 is 0. The number of esters is 1. The lowest BCUT2D eigenvalue weighted by Gasteiger charge is -2.10. The van der Waals surface area contributed by atoms with E-state index in [0.29, 0.717) is 17.5 Å².